The maximum atomic E-state index is 11.5. The molecule has 0 saturated carbocycles. The van der Waals surface area contributed by atoms with Crippen molar-refractivity contribution < 1.29 is 9.59 Å². The zero-order chi connectivity index (χ0) is 13.5. The molecule has 0 aromatic rings. The van der Waals surface area contributed by atoms with Gasteiger partial charge in [0, 0.05) is 18.5 Å². The van der Waals surface area contributed by atoms with Gasteiger partial charge in [0.25, 0.3) is 0 Å². The summed E-state index contributed by atoms with van der Waals surface area (Å²) in [4.78, 5) is 22.3. The van der Waals surface area contributed by atoms with Crippen molar-refractivity contribution in [2.24, 2.45) is 11.7 Å². The Balaban J connectivity index is 3.79. The van der Waals surface area contributed by atoms with Crippen LogP contribution in [0.3, 0.4) is 0 Å². The maximum absolute atomic E-state index is 11.5. The Morgan fingerprint density at radius 1 is 1.29 bits per heavy atom. The van der Waals surface area contributed by atoms with Crippen molar-refractivity contribution in [1.82, 2.24) is 10.6 Å². The van der Waals surface area contributed by atoms with Crippen LogP contribution in [-0.4, -0.2) is 30.4 Å². The molecule has 0 unspecified atom stereocenters. The average Bonchev–Trinajstić information content (AvgIpc) is 2.12. The van der Waals surface area contributed by atoms with Gasteiger partial charge in [0.1, 0.15) is 0 Å². The van der Waals surface area contributed by atoms with E-state index in [2.05, 4.69) is 24.5 Å². The number of rotatable bonds is 8. The molecular formula is C12H25N3O2. The zero-order valence-electron chi connectivity index (χ0n) is 11.3. The Bertz CT molecular complexity index is 262. The van der Waals surface area contributed by atoms with Gasteiger partial charge in [-0.3, -0.25) is 9.59 Å². The highest BCUT2D eigenvalue weighted by Gasteiger charge is 2.20. The number of hydrogen-bond acceptors (Lipinski definition) is 3. The highest BCUT2D eigenvalue weighted by atomic mass is 16.2. The molecule has 0 atom stereocenters. The van der Waals surface area contributed by atoms with Crippen LogP contribution in [0.15, 0.2) is 0 Å². The van der Waals surface area contributed by atoms with Gasteiger partial charge in [0.2, 0.25) is 11.8 Å². The second kappa shape index (κ2) is 7.27. The summed E-state index contributed by atoms with van der Waals surface area (Å²) >= 11 is 0. The molecule has 17 heavy (non-hydrogen) atoms. The Labute approximate surface area is 104 Å². The SMILES string of the molecule is CC(C)CCNC(=O)CNC(C)(C)CC(N)=O. The first-order valence-corrected chi connectivity index (χ1v) is 6.03. The topological polar surface area (TPSA) is 84.2 Å². The second-order valence-electron chi connectivity index (χ2n) is 5.41. The lowest BCUT2D eigenvalue weighted by molar-refractivity contribution is -0.122. The minimum atomic E-state index is -0.443. The lowest BCUT2D eigenvalue weighted by Crippen LogP contribution is -2.47. The molecule has 0 heterocycles. The third-order valence-electron chi connectivity index (χ3n) is 2.39. The van der Waals surface area contributed by atoms with Crippen LogP contribution in [0.25, 0.3) is 0 Å². The number of amides is 2. The summed E-state index contributed by atoms with van der Waals surface area (Å²) in [5.74, 6) is 0.153. The Morgan fingerprint density at radius 2 is 1.88 bits per heavy atom. The van der Waals surface area contributed by atoms with E-state index >= 15 is 0 Å². The molecule has 5 nitrogen and oxygen atoms in total. The Hall–Kier alpha value is -1.10. The van der Waals surface area contributed by atoms with Gasteiger partial charge in [-0.1, -0.05) is 13.8 Å². The lowest BCUT2D eigenvalue weighted by atomic mass is 10.0. The van der Waals surface area contributed by atoms with Crippen LogP contribution in [0.2, 0.25) is 0 Å². The van der Waals surface area contributed by atoms with Gasteiger partial charge in [0.15, 0.2) is 0 Å². The molecule has 5 heteroatoms. The monoisotopic (exact) mass is 243 g/mol. The predicted octanol–water partition coefficient (Wildman–Crippen LogP) is 0.392. The van der Waals surface area contributed by atoms with E-state index in [1.807, 2.05) is 13.8 Å². The first-order chi connectivity index (χ1) is 7.73. The zero-order valence-corrected chi connectivity index (χ0v) is 11.3. The third kappa shape index (κ3) is 9.81. The molecule has 0 saturated heterocycles. The quantitative estimate of drug-likeness (QED) is 0.576. The summed E-state index contributed by atoms with van der Waals surface area (Å²) in [7, 11) is 0. The molecule has 0 fully saturated rings. The van der Waals surface area contributed by atoms with Crippen LogP contribution < -0.4 is 16.4 Å². The number of nitrogens with two attached hydrogens (primary N) is 1. The summed E-state index contributed by atoms with van der Waals surface area (Å²) in [6, 6.07) is 0. The van der Waals surface area contributed by atoms with Crippen molar-refractivity contribution in [3.8, 4) is 0 Å². The summed E-state index contributed by atoms with van der Waals surface area (Å²) in [5, 5.41) is 5.84. The Morgan fingerprint density at radius 3 is 2.35 bits per heavy atom. The van der Waals surface area contributed by atoms with Gasteiger partial charge >= 0.3 is 0 Å². The predicted molar refractivity (Wildman–Crippen MR) is 68.4 cm³/mol. The van der Waals surface area contributed by atoms with Crippen molar-refractivity contribution >= 4 is 11.8 Å². The molecule has 0 spiro atoms. The van der Waals surface area contributed by atoms with E-state index in [1.165, 1.54) is 0 Å². The first kappa shape index (κ1) is 15.9. The van der Waals surface area contributed by atoms with Crippen LogP contribution in [-0.2, 0) is 9.59 Å². The van der Waals surface area contributed by atoms with Crippen molar-refractivity contribution in [1.29, 1.82) is 0 Å². The van der Waals surface area contributed by atoms with Crippen LogP contribution in [0.5, 0.6) is 0 Å². The van der Waals surface area contributed by atoms with Crippen molar-refractivity contribution in [3.63, 3.8) is 0 Å². The molecule has 0 aliphatic rings. The molecule has 0 aromatic carbocycles. The van der Waals surface area contributed by atoms with Crippen LogP contribution >= 0.6 is 0 Å². The van der Waals surface area contributed by atoms with Crippen LogP contribution in [0.1, 0.15) is 40.5 Å². The summed E-state index contributed by atoms with van der Waals surface area (Å²) < 4.78 is 0. The first-order valence-electron chi connectivity index (χ1n) is 6.03. The van der Waals surface area contributed by atoms with Gasteiger partial charge in [-0.05, 0) is 26.2 Å². The largest absolute Gasteiger partial charge is 0.370 e. The third-order valence-corrected chi connectivity index (χ3v) is 2.39. The number of primary amides is 1. The Kier molecular flexibility index (Phi) is 6.80. The molecule has 0 aliphatic carbocycles. The number of hydrogen-bond donors (Lipinski definition) is 3. The van der Waals surface area contributed by atoms with E-state index in [-0.39, 0.29) is 24.8 Å². The fraction of sp³-hybridized carbons (Fsp3) is 0.833. The number of carbonyl (C=O) groups excluding carboxylic acids is 2. The van der Waals surface area contributed by atoms with Gasteiger partial charge in [-0.25, -0.2) is 0 Å². The molecule has 100 valence electrons. The standard InChI is InChI=1S/C12H25N3O2/c1-9(2)5-6-14-11(17)8-15-12(3,4)7-10(13)16/h9,15H,5-8H2,1-4H3,(H2,13,16)(H,14,17). The van der Waals surface area contributed by atoms with E-state index in [4.69, 9.17) is 5.73 Å². The van der Waals surface area contributed by atoms with E-state index in [0.29, 0.717) is 12.5 Å². The molecule has 0 aliphatic heterocycles. The summed E-state index contributed by atoms with van der Waals surface area (Å²) in [5.41, 5.74) is 4.68. The maximum Gasteiger partial charge on any atom is 0.233 e. The van der Waals surface area contributed by atoms with E-state index < -0.39 is 5.54 Å². The van der Waals surface area contributed by atoms with E-state index in [9.17, 15) is 9.59 Å². The van der Waals surface area contributed by atoms with Gasteiger partial charge < -0.3 is 16.4 Å². The van der Waals surface area contributed by atoms with Crippen molar-refractivity contribution in [3.05, 3.63) is 0 Å². The molecule has 0 radical (unpaired) electrons. The highest BCUT2D eigenvalue weighted by Crippen LogP contribution is 2.06. The van der Waals surface area contributed by atoms with Crippen LogP contribution in [0, 0.1) is 5.92 Å². The van der Waals surface area contributed by atoms with Crippen molar-refractivity contribution in [2.75, 3.05) is 13.1 Å². The average molecular weight is 243 g/mol. The molecule has 0 aromatic heterocycles. The molecular weight excluding hydrogens is 218 g/mol. The minimum absolute atomic E-state index is 0.0526. The minimum Gasteiger partial charge on any atom is -0.370 e. The second-order valence-corrected chi connectivity index (χ2v) is 5.41. The lowest BCUT2D eigenvalue weighted by Gasteiger charge is -2.24. The van der Waals surface area contributed by atoms with Crippen molar-refractivity contribution in [2.45, 2.75) is 46.1 Å². The number of carbonyl (C=O) groups is 2. The fourth-order valence-electron chi connectivity index (χ4n) is 1.38. The molecule has 2 amide bonds. The summed E-state index contributed by atoms with van der Waals surface area (Å²) in [6.07, 6.45) is 1.18. The van der Waals surface area contributed by atoms with Gasteiger partial charge in [-0.2, -0.15) is 0 Å². The fourth-order valence-corrected chi connectivity index (χ4v) is 1.38. The highest BCUT2D eigenvalue weighted by molar-refractivity contribution is 5.78. The molecule has 0 rings (SSSR count). The summed E-state index contributed by atoms with van der Waals surface area (Å²) in [6.45, 7) is 8.81. The molecule has 0 bridgehead atoms. The normalized spacial score (nSPS) is 11.6. The smallest absolute Gasteiger partial charge is 0.233 e. The number of nitrogens with one attached hydrogen (secondary N) is 2. The van der Waals surface area contributed by atoms with Gasteiger partial charge in [-0.15, -0.1) is 0 Å². The van der Waals surface area contributed by atoms with Crippen LogP contribution in [0.4, 0.5) is 0 Å². The van der Waals surface area contributed by atoms with E-state index in [0.717, 1.165) is 6.42 Å². The molecule has 4 N–H and O–H groups in total. The van der Waals surface area contributed by atoms with Gasteiger partial charge in [0.05, 0.1) is 6.54 Å². The van der Waals surface area contributed by atoms with E-state index in [1.54, 1.807) is 0 Å².